The largest absolute Gasteiger partial charge is 0.314 e. The zero-order chi connectivity index (χ0) is 11.5. The molecule has 3 heteroatoms. The van der Waals surface area contributed by atoms with Gasteiger partial charge in [-0.2, -0.15) is 5.10 Å². The topological polar surface area (TPSA) is 29.9 Å². The standard InChI is InChI=1S/C13H23N3/c1-4-11-7-12(5-2)16(15-11)13-6-10(3)8-14-9-13/h7,10,13-14H,4-6,8-9H2,1-3H3. The van der Waals surface area contributed by atoms with Crippen LogP contribution in [0.5, 0.6) is 0 Å². The molecule has 2 rings (SSSR count). The molecule has 0 aromatic carbocycles. The maximum absolute atomic E-state index is 4.73. The molecule has 16 heavy (non-hydrogen) atoms. The van der Waals surface area contributed by atoms with Gasteiger partial charge in [0.05, 0.1) is 11.7 Å². The smallest absolute Gasteiger partial charge is 0.0649 e. The van der Waals surface area contributed by atoms with E-state index in [0.29, 0.717) is 6.04 Å². The second-order valence-corrected chi connectivity index (χ2v) is 4.93. The molecule has 1 fully saturated rings. The maximum atomic E-state index is 4.73. The fraction of sp³-hybridized carbons (Fsp3) is 0.769. The normalized spacial score (nSPS) is 25.9. The van der Waals surface area contributed by atoms with Crippen LogP contribution in [0.1, 0.15) is 44.6 Å². The van der Waals surface area contributed by atoms with Crippen LogP contribution in [-0.4, -0.2) is 22.9 Å². The summed E-state index contributed by atoms with van der Waals surface area (Å²) in [6.07, 6.45) is 3.37. The minimum Gasteiger partial charge on any atom is -0.314 e. The quantitative estimate of drug-likeness (QED) is 0.848. The Kier molecular flexibility index (Phi) is 3.64. The fourth-order valence-electron chi connectivity index (χ4n) is 2.56. The molecule has 0 spiro atoms. The summed E-state index contributed by atoms with van der Waals surface area (Å²) in [5.41, 5.74) is 2.62. The van der Waals surface area contributed by atoms with E-state index in [1.54, 1.807) is 0 Å². The van der Waals surface area contributed by atoms with Crippen molar-refractivity contribution in [2.24, 2.45) is 5.92 Å². The molecule has 0 aliphatic carbocycles. The Morgan fingerprint density at radius 2 is 2.19 bits per heavy atom. The van der Waals surface area contributed by atoms with E-state index < -0.39 is 0 Å². The number of aryl methyl sites for hydroxylation is 2. The van der Waals surface area contributed by atoms with Crippen molar-refractivity contribution < 1.29 is 0 Å². The minimum absolute atomic E-state index is 0.555. The number of hydrogen-bond donors (Lipinski definition) is 1. The predicted molar refractivity (Wildman–Crippen MR) is 66.7 cm³/mol. The van der Waals surface area contributed by atoms with E-state index in [4.69, 9.17) is 5.10 Å². The van der Waals surface area contributed by atoms with Crippen molar-refractivity contribution in [3.05, 3.63) is 17.5 Å². The SMILES string of the molecule is CCc1cc(CC)n(C2CNCC(C)C2)n1. The molecule has 2 unspecified atom stereocenters. The van der Waals surface area contributed by atoms with Gasteiger partial charge in [-0.05, 0) is 37.8 Å². The molecule has 1 saturated heterocycles. The Morgan fingerprint density at radius 3 is 2.81 bits per heavy atom. The van der Waals surface area contributed by atoms with Gasteiger partial charge in [0.15, 0.2) is 0 Å². The summed E-state index contributed by atoms with van der Waals surface area (Å²) in [6.45, 7) is 8.93. The van der Waals surface area contributed by atoms with Gasteiger partial charge in [-0.1, -0.05) is 20.8 Å². The first-order valence-corrected chi connectivity index (χ1v) is 6.52. The van der Waals surface area contributed by atoms with Crippen molar-refractivity contribution in [1.29, 1.82) is 0 Å². The van der Waals surface area contributed by atoms with Gasteiger partial charge in [0.1, 0.15) is 0 Å². The summed E-state index contributed by atoms with van der Waals surface area (Å²) in [7, 11) is 0. The molecule has 0 radical (unpaired) electrons. The minimum atomic E-state index is 0.555. The van der Waals surface area contributed by atoms with Gasteiger partial charge in [0, 0.05) is 12.2 Å². The summed E-state index contributed by atoms with van der Waals surface area (Å²) >= 11 is 0. The summed E-state index contributed by atoms with van der Waals surface area (Å²) in [6, 6.07) is 2.82. The highest BCUT2D eigenvalue weighted by atomic mass is 15.3. The second-order valence-electron chi connectivity index (χ2n) is 4.93. The van der Waals surface area contributed by atoms with Crippen LogP contribution in [0.4, 0.5) is 0 Å². The molecule has 1 N–H and O–H groups in total. The highest BCUT2D eigenvalue weighted by molar-refractivity contribution is 5.11. The van der Waals surface area contributed by atoms with Gasteiger partial charge >= 0.3 is 0 Å². The molecule has 3 nitrogen and oxygen atoms in total. The van der Waals surface area contributed by atoms with E-state index in [-0.39, 0.29) is 0 Å². The van der Waals surface area contributed by atoms with Gasteiger partial charge in [-0.25, -0.2) is 0 Å². The van der Waals surface area contributed by atoms with Crippen molar-refractivity contribution in [2.45, 2.75) is 46.1 Å². The second kappa shape index (κ2) is 5.00. The van der Waals surface area contributed by atoms with Gasteiger partial charge in [0.2, 0.25) is 0 Å². The number of piperidine rings is 1. The predicted octanol–water partition coefficient (Wildman–Crippen LogP) is 2.18. The van der Waals surface area contributed by atoms with Crippen LogP contribution < -0.4 is 5.32 Å². The van der Waals surface area contributed by atoms with Crippen LogP contribution >= 0.6 is 0 Å². The fourth-order valence-corrected chi connectivity index (χ4v) is 2.56. The first kappa shape index (κ1) is 11.6. The zero-order valence-electron chi connectivity index (χ0n) is 10.7. The third-order valence-electron chi connectivity index (χ3n) is 3.48. The van der Waals surface area contributed by atoms with Gasteiger partial charge < -0.3 is 5.32 Å². The number of aromatic nitrogens is 2. The number of nitrogens with one attached hydrogen (secondary N) is 1. The first-order chi connectivity index (χ1) is 7.74. The molecular weight excluding hydrogens is 198 g/mol. The molecular formula is C13H23N3. The summed E-state index contributed by atoms with van der Waals surface area (Å²) in [5, 5.41) is 8.24. The monoisotopic (exact) mass is 221 g/mol. The molecule has 0 bridgehead atoms. The average Bonchev–Trinajstić information content (AvgIpc) is 2.72. The number of hydrogen-bond acceptors (Lipinski definition) is 2. The molecule has 90 valence electrons. The van der Waals surface area contributed by atoms with Crippen molar-refractivity contribution >= 4 is 0 Å². The number of rotatable bonds is 3. The van der Waals surface area contributed by atoms with Crippen molar-refractivity contribution in [1.82, 2.24) is 15.1 Å². The van der Waals surface area contributed by atoms with E-state index in [2.05, 4.69) is 36.8 Å². The molecule has 2 atom stereocenters. The van der Waals surface area contributed by atoms with Crippen LogP contribution in [0.2, 0.25) is 0 Å². The molecule has 1 aliphatic rings. The van der Waals surface area contributed by atoms with Gasteiger partial charge in [-0.3, -0.25) is 4.68 Å². The Balaban J connectivity index is 2.20. The Bertz CT molecular complexity index is 343. The number of nitrogens with zero attached hydrogens (tertiary/aromatic N) is 2. The lowest BCUT2D eigenvalue weighted by Gasteiger charge is -2.29. The lowest BCUT2D eigenvalue weighted by Crippen LogP contribution is -2.37. The zero-order valence-corrected chi connectivity index (χ0v) is 10.7. The Labute approximate surface area is 98.2 Å². The molecule has 1 aliphatic heterocycles. The van der Waals surface area contributed by atoms with Crippen LogP contribution in [0.3, 0.4) is 0 Å². The first-order valence-electron chi connectivity index (χ1n) is 6.52. The Morgan fingerprint density at radius 1 is 1.38 bits per heavy atom. The average molecular weight is 221 g/mol. The third-order valence-corrected chi connectivity index (χ3v) is 3.48. The molecule has 0 amide bonds. The molecule has 2 heterocycles. The van der Waals surface area contributed by atoms with Crippen LogP contribution in [-0.2, 0) is 12.8 Å². The van der Waals surface area contributed by atoms with E-state index >= 15 is 0 Å². The summed E-state index contributed by atoms with van der Waals surface area (Å²) in [4.78, 5) is 0. The van der Waals surface area contributed by atoms with Crippen molar-refractivity contribution in [3.8, 4) is 0 Å². The van der Waals surface area contributed by atoms with E-state index in [9.17, 15) is 0 Å². The van der Waals surface area contributed by atoms with Crippen molar-refractivity contribution in [3.63, 3.8) is 0 Å². The lowest BCUT2D eigenvalue weighted by molar-refractivity contribution is 0.279. The Hall–Kier alpha value is -0.830. The van der Waals surface area contributed by atoms with Crippen LogP contribution in [0.25, 0.3) is 0 Å². The molecule has 1 aromatic heterocycles. The van der Waals surface area contributed by atoms with E-state index in [0.717, 1.165) is 31.8 Å². The molecule has 1 aromatic rings. The third kappa shape index (κ3) is 2.29. The van der Waals surface area contributed by atoms with Crippen LogP contribution in [0, 0.1) is 5.92 Å². The van der Waals surface area contributed by atoms with Gasteiger partial charge in [-0.15, -0.1) is 0 Å². The van der Waals surface area contributed by atoms with Crippen molar-refractivity contribution in [2.75, 3.05) is 13.1 Å². The highest BCUT2D eigenvalue weighted by Crippen LogP contribution is 2.22. The van der Waals surface area contributed by atoms with E-state index in [1.807, 2.05) is 0 Å². The van der Waals surface area contributed by atoms with Crippen LogP contribution in [0.15, 0.2) is 6.07 Å². The van der Waals surface area contributed by atoms with Gasteiger partial charge in [0.25, 0.3) is 0 Å². The van der Waals surface area contributed by atoms with E-state index in [1.165, 1.54) is 17.8 Å². The highest BCUT2D eigenvalue weighted by Gasteiger charge is 2.22. The lowest BCUT2D eigenvalue weighted by atomic mass is 9.97. The maximum Gasteiger partial charge on any atom is 0.0649 e. The summed E-state index contributed by atoms with van der Waals surface area (Å²) in [5.74, 6) is 0.762. The summed E-state index contributed by atoms with van der Waals surface area (Å²) < 4.78 is 2.27. The molecule has 0 saturated carbocycles.